The Bertz CT molecular complexity index is 1170. The average molecular weight is 389 g/mol. The Morgan fingerprint density at radius 1 is 1.04 bits per heavy atom. The number of benzene rings is 3. The van der Waals surface area contributed by atoms with Crippen LogP contribution in [0.25, 0.3) is 20.8 Å². The van der Waals surface area contributed by atoms with E-state index in [4.69, 9.17) is 0 Å². The van der Waals surface area contributed by atoms with Gasteiger partial charge in [-0.3, -0.25) is 14.9 Å². The SMILES string of the molecule is Cc1c(C(=O)Nc2ccc(-c3nc4ccccc4s3)cc2)cccc1[N+](=O)[O-]. The molecule has 0 unspecified atom stereocenters. The molecule has 0 radical (unpaired) electrons. The predicted molar refractivity (Wildman–Crippen MR) is 111 cm³/mol. The van der Waals surface area contributed by atoms with Crippen LogP contribution in [-0.4, -0.2) is 15.8 Å². The zero-order valence-electron chi connectivity index (χ0n) is 14.9. The summed E-state index contributed by atoms with van der Waals surface area (Å²) < 4.78 is 1.12. The fraction of sp³-hybridized carbons (Fsp3) is 0.0476. The lowest BCUT2D eigenvalue weighted by molar-refractivity contribution is -0.385. The zero-order chi connectivity index (χ0) is 19.7. The van der Waals surface area contributed by atoms with E-state index < -0.39 is 4.92 Å². The molecule has 0 saturated carbocycles. The molecule has 0 aliphatic rings. The van der Waals surface area contributed by atoms with E-state index >= 15 is 0 Å². The van der Waals surface area contributed by atoms with Crippen molar-refractivity contribution in [3.05, 3.63) is 88.0 Å². The van der Waals surface area contributed by atoms with E-state index in [2.05, 4.69) is 10.3 Å². The van der Waals surface area contributed by atoms with Gasteiger partial charge in [0.05, 0.1) is 15.1 Å². The average Bonchev–Trinajstić information content (AvgIpc) is 3.12. The Labute approximate surface area is 164 Å². The summed E-state index contributed by atoms with van der Waals surface area (Å²) in [7, 11) is 0. The lowest BCUT2D eigenvalue weighted by Gasteiger charge is -2.08. The maximum Gasteiger partial charge on any atom is 0.273 e. The number of fused-ring (bicyclic) bond motifs is 1. The molecule has 7 heteroatoms. The molecule has 0 atom stereocenters. The van der Waals surface area contributed by atoms with Gasteiger partial charge in [-0.05, 0) is 49.4 Å². The summed E-state index contributed by atoms with van der Waals surface area (Å²) in [5.74, 6) is -0.381. The van der Waals surface area contributed by atoms with Crippen LogP contribution in [0.4, 0.5) is 11.4 Å². The lowest BCUT2D eigenvalue weighted by atomic mass is 10.1. The molecule has 4 aromatic rings. The van der Waals surface area contributed by atoms with Crippen LogP contribution in [0.1, 0.15) is 15.9 Å². The van der Waals surface area contributed by atoms with Gasteiger partial charge in [-0.25, -0.2) is 4.98 Å². The minimum absolute atomic E-state index is 0.0705. The van der Waals surface area contributed by atoms with Gasteiger partial charge in [-0.2, -0.15) is 0 Å². The quantitative estimate of drug-likeness (QED) is 0.372. The zero-order valence-corrected chi connectivity index (χ0v) is 15.7. The molecule has 0 spiro atoms. The molecule has 0 aliphatic carbocycles. The monoisotopic (exact) mass is 389 g/mol. The first kappa shape index (κ1) is 17.8. The standard InChI is InChI=1S/C21H15N3O3S/c1-13-16(5-4-7-18(13)24(26)27)20(25)22-15-11-9-14(10-12-15)21-23-17-6-2-3-8-19(17)28-21/h2-12H,1H3,(H,22,25). The normalized spacial score (nSPS) is 10.8. The number of hydrogen-bond donors (Lipinski definition) is 1. The van der Waals surface area contributed by atoms with Crippen molar-refractivity contribution in [3.8, 4) is 10.6 Å². The third-order valence-electron chi connectivity index (χ3n) is 4.43. The van der Waals surface area contributed by atoms with Gasteiger partial charge in [-0.1, -0.05) is 18.2 Å². The summed E-state index contributed by atoms with van der Waals surface area (Å²) >= 11 is 1.61. The van der Waals surface area contributed by atoms with Crippen molar-refractivity contribution in [2.75, 3.05) is 5.32 Å². The predicted octanol–water partition coefficient (Wildman–Crippen LogP) is 5.43. The van der Waals surface area contributed by atoms with Crippen LogP contribution in [0.3, 0.4) is 0 Å². The van der Waals surface area contributed by atoms with Gasteiger partial charge in [0.25, 0.3) is 11.6 Å². The highest BCUT2D eigenvalue weighted by Crippen LogP contribution is 2.30. The van der Waals surface area contributed by atoms with E-state index in [9.17, 15) is 14.9 Å². The van der Waals surface area contributed by atoms with E-state index in [0.29, 0.717) is 11.3 Å². The topological polar surface area (TPSA) is 85.1 Å². The second-order valence-electron chi connectivity index (χ2n) is 6.23. The number of hydrogen-bond acceptors (Lipinski definition) is 5. The van der Waals surface area contributed by atoms with Gasteiger partial charge < -0.3 is 5.32 Å². The van der Waals surface area contributed by atoms with Crippen molar-refractivity contribution in [1.29, 1.82) is 0 Å². The highest BCUT2D eigenvalue weighted by molar-refractivity contribution is 7.21. The van der Waals surface area contributed by atoms with Gasteiger partial charge in [0.15, 0.2) is 0 Å². The number of nitro benzene ring substituents is 1. The Hall–Kier alpha value is -3.58. The summed E-state index contributed by atoms with van der Waals surface area (Å²) in [4.78, 5) is 27.7. The first-order valence-corrected chi connectivity index (χ1v) is 9.36. The van der Waals surface area contributed by atoms with Crippen molar-refractivity contribution in [1.82, 2.24) is 4.98 Å². The van der Waals surface area contributed by atoms with E-state index in [1.54, 1.807) is 36.5 Å². The fourth-order valence-electron chi connectivity index (χ4n) is 2.96. The van der Waals surface area contributed by atoms with Crippen LogP contribution < -0.4 is 5.32 Å². The Balaban J connectivity index is 1.56. The summed E-state index contributed by atoms with van der Waals surface area (Å²) in [5, 5.41) is 14.8. The number of nitrogens with one attached hydrogen (secondary N) is 1. The molecule has 138 valence electrons. The highest BCUT2D eigenvalue weighted by Gasteiger charge is 2.18. The van der Waals surface area contributed by atoms with Gasteiger partial charge >= 0.3 is 0 Å². The van der Waals surface area contributed by atoms with Gasteiger partial charge in [0.2, 0.25) is 0 Å². The van der Waals surface area contributed by atoms with E-state index in [1.807, 2.05) is 36.4 Å². The van der Waals surface area contributed by atoms with E-state index in [-0.39, 0.29) is 17.2 Å². The summed E-state index contributed by atoms with van der Waals surface area (Å²) in [6, 6.07) is 19.8. The maximum atomic E-state index is 12.5. The molecule has 28 heavy (non-hydrogen) atoms. The molecule has 1 amide bonds. The molecule has 0 aliphatic heterocycles. The van der Waals surface area contributed by atoms with Crippen LogP contribution >= 0.6 is 11.3 Å². The van der Waals surface area contributed by atoms with Crippen LogP contribution in [0, 0.1) is 17.0 Å². The molecule has 4 rings (SSSR count). The minimum Gasteiger partial charge on any atom is -0.322 e. The number of anilines is 1. The van der Waals surface area contributed by atoms with Crippen LogP contribution in [0.5, 0.6) is 0 Å². The van der Waals surface area contributed by atoms with Crippen molar-refractivity contribution in [3.63, 3.8) is 0 Å². The van der Waals surface area contributed by atoms with Crippen molar-refractivity contribution >= 4 is 38.8 Å². The minimum atomic E-state index is -0.487. The number of nitro groups is 1. The number of nitrogens with zero attached hydrogens (tertiary/aromatic N) is 2. The van der Waals surface area contributed by atoms with Crippen molar-refractivity contribution in [2.24, 2.45) is 0 Å². The third kappa shape index (κ3) is 3.35. The summed E-state index contributed by atoms with van der Waals surface area (Å²) in [6.07, 6.45) is 0. The molecule has 6 nitrogen and oxygen atoms in total. The van der Waals surface area contributed by atoms with E-state index in [1.165, 1.54) is 12.1 Å². The molecule has 0 saturated heterocycles. The van der Waals surface area contributed by atoms with Crippen molar-refractivity contribution in [2.45, 2.75) is 6.92 Å². The summed E-state index contributed by atoms with van der Waals surface area (Å²) in [6.45, 7) is 1.57. The Kier molecular flexibility index (Phi) is 4.58. The smallest absolute Gasteiger partial charge is 0.273 e. The van der Waals surface area contributed by atoms with Crippen LogP contribution in [0.15, 0.2) is 66.7 Å². The molecular formula is C21H15N3O3S. The van der Waals surface area contributed by atoms with Gasteiger partial charge in [0.1, 0.15) is 5.01 Å². The number of amides is 1. The first-order chi connectivity index (χ1) is 13.5. The number of carbonyl (C=O) groups is 1. The Morgan fingerprint density at radius 2 is 1.79 bits per heavy atom. The number of thiazole rings is 1. The first-order valence-electron chi connectivity index (χ1n) is 8.54. The van der Waals surface area contributed by atoms with Crippen LogP contribution in [-0.2, 0) is 0 Å². The molecule has 0 fully saturated rings. The van der Waals surface area contributed by atoms with E-state index in [0.717, 1.165) is 20.8 Å². The fourth-order valence-corrected chi connectivity index (χ4v) is 3.93. The van der Waals surface area contributed by atoms with Gasteiger partial charge in [-0.15, -0.1) is 11.3 Å². The second kappa shape index (κ2) is 7.21. The molecule has 1 aromatic heterocycles. The third-order valence-corrected chi connectivity index (χ3v) is 5.52. The maximum absolute atomic E-state index is 12.5. The lowest BCUT2D eigenvalue weighted by Crippen LogP contribution is -2.14. The van der Waals surface area contributed by atoms with Crippen LogP contribution in [0.2, 0.25) is 0 Å². The molecular weight excluding hydrogens is 374 g/mol. The molecule has 1 N–H and O–H groups in total. The number of rotatable bonds is 4. The molecule has 3 aromatic carbocycles. The second-order valence-corrected chi connectivity index (χ2v) is 7.26. The van der Waals surface area contributed by atoms with Gasteiger partial charge in [0, 0.05) is 28.4 Å². The number of para-hydroxylation sites is 1. The number of carbonyl (C=O) groups excluding carboxylic acids is 1. The number of aromatic nitrogens is 1. The Morgan fingerprint density at radius 3 is 2.50 bits per heavy atom. The highest BCUT2D eigenvalue weighted by atomic mass is 32.1. The largest absolute Gasteiger partial charge is 0.322 e. The molecule has 1 heterocycles. The summed E-state index contributed by atoms with van der Waals surface area (Å²) in [5.41, 5.74) is 3.09. The van der Waals surface area contributed by atoms with Crippen molar-refractivity contribution < 1.29 is 9.72 Å². The molecule has 0 bridgehead atoms.